The van der Waals surface area contributed by atoms with Crippen LogP contribution in [0, 0.1) is 5.92 Å². The first-order valence-electron chi connectivity index (χ1n) is 6.70. The van der Waals surface area contributed by atoms with E-state index in [9.17, 15) is 5.11 Å². The Bertz CT molecular complexity index is 306. The van der Waals surface area contributed by atoms with Gasteiger partial charge in [-0.05, 0) is 50.1 Å². The lowest BCUT2D eigenvalue weighted by atomic mass is 10.1. The van der Waals surface area contributed by atoms with E-state index in [1.165, 1.54) is 25.7 Å². The van der Waals surface area contributed by atoms with Crippen molar-refractivity contribution in [2.45, 2.75) is 51.2 Å². The molecule has 1 saturated carbocycles. The fraction of sp³-hybridized carbons (Fsp3) is 0.714. The van der Waals surface area contributed by atoms with E-state index in [1.807, 2.05) is 17.5 Å². The van der Waals surface area contributed by atoms with Gasteiger partial charge < -0.3 is 10.4 Å². The third kappa shape index (κ3) is 4.09. The van der Waals surface area contributed by atoms with Crippen LogP contribution in [0.4, 0.5) is 0 Å². The van der Waals surface area contributed by atoms with Crippen molar-refractivity contribution in [3.05, 3.63) is 22.4 Å². The summed E-state index contributed by atoms with van der Waals surface area (Å²) in [6, 6.07) is 4.41. The maximum atomic E-state index is 10.0. The summed E-state index contributed by atoms with van der Waals surface area (Å²) in [5, 5.41) is 15.6. The summed E-state index contributed by atoms with van der Waals surface area (Å²) in [7, 11) is 0. The smallest absolute Gasteiger partial charge is 0.0896 e. The molecule has 1 aliphatic rings. The minimum absolute atomic E-state index is 0.305. The van der Waals surface area contributed by atoms with Gasteiger partial charge in [-0.3, -0.25) is 0 Å². The van der Waals surface area contributed by atoms with E-state index in [-0.39, 0.29) is 6.10 Å². The van der Waals surface area contributed by atoms with Crippen molar-refractivity contribution in [1.82, 2.24) is 5.32 Å². The summed E-state index contributed by atoms with van der Waals surface area (Å²) in [4.78, 5) is 1.08. The number of hydrogen-bond donors (Lipinski definition) is 2. The van der Waals surface area contributed by atoms with Gasteiger partial charge in [0.25, 0.3) is 0 Å². The molecule has 0 aliphatic heterocycles. The topological polar surface area (TPSA) is 32.3 Å². The lowest BCUT2D eigenvalue weighted by molar-refractivity contribution is 0.156. The zero-order valence-electron chi connectivity index (χ0n) is 10.6. The molecule has 0 saturated heterocycles. The third-order valence-corrected chi connectivity index (χ3v) is 4.65. The van der Waals surface area contributed by atoms with Gasteiger partial charge in [0.2, 0.25) is 0 Å². The first kappa shape index (κ1) is 13.1. The van der Waals surface area contributed by atoms with Crippen LogP contribution in [-0.2, 0) is 0 Å². The molecule has 2 N–H and O–H groups in total. The van der Waals surface area contributed by atoms with Crippen LogP contribution in [0.1, 0.15) is 50.0 Å². The van der Waals surface area contributed by atoms with E-state index in [0.29, 0.717) is 6.04 Å². The highest BCUT2D eigenvalue weighted by Crippen LogP contribution is 2.25. The molecule has 2 nitrogen and oxygen atoms in total. The van der Waals surface area contributed by atoms with Gasteiger partial charge in [0, 0.05) is 10.9 Å². The van der Waals surface area contributed by atoms with Crippen LogP contribution in [-0.4, -0.2) is 17.7 Å². The molecule has 0 spiro atoms. The zero-order chi connectivity index (χ0) is 12.1. The molecule has 96 valence electrons. The monoisotopic (exact) mass is 253 g/mol. The fourth-order valence-corrected chi connectivity index (χ4v) is 3.32. The molecule has 1 aliphatic carbocycles. The van der Waals surface area contributed by atoms with Crippen molar-refractivity contribution < 1.29 is 5.11 Å². The van der Waals surface area contributed by atoms with Crippen molar-refractivity contribution in [1.29, 1.82) is 0 Å². The average Bonchev–Trinajstić information content (AvgIpc) is 2.99. The number of aliphatic hydroxyl groups excluding tert-OH is 1. The van der Waals surface area contributed by atoms with Gasteiger partial charge in [-0.25, -0.2) is 0 Å². The highest BCUT2D eigenvalue weighted by molar-refractivity contribution is 7.10. The Morgan fingerprint density at radius 2 is 2.24 bits per heavy atom. The van der Waals surface area contributed by atoms with Gasteiger partial charge in [-0.1, -0.05) is 18.9 Å². The fourth-order valence-electron chi connectivity index (χ4n) is 2.60. The predicted molar refractivity (Wildman–Crippen MR) is 73.3 cm³/mol. The SMILES string of the molecule is CC(CC(O)c1cccs1)NCC1CCCC1. The number of nitrogens with one attached hydrogen (secondary N) is 1. The molecule has 1 fully saturated rings. The van der Waals surface area contributed by atoms with Crippen LogP contribution in [0.5, 0.6) is 0 Å². The third-order valence-electron chi connectivity index (χ3n) is 3.68. The number of thiophene rings is 1. The van der Waals surface area contributed by atoms with E-state index >= 15 is 0 Å². The van der Waals surface area contributed by atoms with Crippen LogP contribution in [0.2, 0.25) is 0 Å². The number of hydrogen-bond acceptors (Lipinski definition) is 3. The summed E-state index contributed by atoms with van der Waals surface area (Å²) in [6.45, 7) is 3.30. The second kappa shape index (κ2) is 6.53. The summed E-state index contributed by atoms with van der Waals surface area (Å²) in [6.07, 6.45) is 6.08. The van der Waals surface area contributed by atoms with E-state index in [2.05, 4.69) is 12.2 Å². The van der Waals surface area contributed by atoms with Gasteiger partial charge >= 0.3 is 0 Å². The number of rotatable bonds is 6. The van der Waals surface area contributed by atoms with Crippen molar-refractivity contribution in [3.63, 3.8) is 0 Å². The molecule has 1 aromatic rings. The second-order valence-corrected chi connectivity index (χ2v) is 6.21. The normalized spacial score (nSPS) is 20.6. The predicted octanol–water partition coefficient (Wildman–Crippen LogP) is 3.34. The van der Waals surface area contributed by atoms with Crippen LogP contribution in [0.15, 0.2) is 17.5 Å². The van der Waals surface area contributed by atoms with E-state index in [0.717, 1.165) is 23.8 Å². The summed E-state index contributed by atoms with van der Waals surface area (Å²) in [5.74, 6) is 0.872. The van der Waals surface area contributed by atoms with Crippen LogP contribution < -0.4 is 5.32 Å². The highest BCUT2D eigenvalue weighted by Gasteiger charge is 2.17. The Labute approximate surface area is 108 Å². The van der Waals surface area contributed by atoms with Crippen LogP contribution >= 0.6 is 11.3 Å². The molecule has 0 amide bonds. The molecular formula is C14H23NOS. The second-order valence-electron chi connectivity index (χ2n) is 5.23. The molecule has 2 atom stereocenters. The maximum absolute atomic E-state index is 10.0. The van der Waals surface area contributed by atoms with Crippen molar-refractivity contribution in [3.8, 4) is 0 Å². The molecule has 0 aromatic carbocycles. The molecule has 0 bridgehead atoms. The summed E-state index contributed by atoms with van der Waals surface area (Å²) < 4.78 is 0. The largest absolute Gasteiger partial charge is 0.388 e. The van der Waals surface area contributed by atoms with Gasteiger partial charge in [0.1, 0.15) is 0 Å². The Morgan fingerprint density at radius 3 is 2.88 bits per heavy atom. The average molecular weight is 253 g/mol. The summed E-state index contributed by atoms with van der Waals surface area (Å²) in [5.41, 5.74) is 0. The van der Waals surface area contributed by atoms with E-state index < -0.39 is 0 Å². The minimum Gasteiger partial charge on any atom is -0.388 e. The van der Waals surface area contributed by atoms with Crippen molar-refractivity contribution >= 4 is 11.3 Å². The zero-order valence-corrected chi connectivity index (χ0v) is 11.4. The summed E-state index contributed by atoms with van der Waals surface area (Å²) >= 11 is 1.64. The molecule has 3 heteroatoms. The maximum Gasteiger partial charge on any atom is 0.0896 e. The Hall–Kier alpha value is -0.380. The van der Waals surface area contributed by atoms with Crippen LogP contribution in [0.3, 0.4) is 0 Å². The lowest BCUT2D eigenvalue weighted by Gasteiger charge is -2.19. The van der Waals surface area contributed by atoms with Gasteiger partial charge in [0.05, 0.1) is 6.10 Å². The quantitative estimate of drug-likeness (QED) is 0.815. The molecule has 1 heterocycles. The van der Waals surface area contributed by atoms with Crippen LogP contribution in [0.25, 0.3) is 0 Å². The first-order valence-corrected chi connectivity index (χ1v) is 7.58. The highest BCUT2D eigenvalue weighted by atomic mass is 32.1. The Balaban J connectivity index is 1.67. The van der Waals surface area contributed by atoms with E-state index in [1.54, 1.807) is 11.3 Å². The van der Waals surface area contributed by atoms with Crippen molar-refractivity contribution in [2.75, 3.05) is 6.54 Å². The molecule has 2 unspecified atom stereocenters. The van der Waals surface area contributed by atoms with Crippen molar-refractivity contribution in [2.24, 2.45) is 5.92 Å². The Morgan fingerprint density at radius 1 is 1.47 bits per heavy atom. The molecule has 0 radical (unpaired) electrons. The lowest BCUT2D eigenvalue weighted by Crippen LogP contribution is -2.31. The van der Waals surface area contributed by atoms with Gasteiger partial charge in [0.15, 0.2) is 0 Å². The molecule has 2 rings (SSSR count). The molecule has 17 heavy (non-hydrogen) atoms. The minimum atomic E-state index is -0.305. The first-order chi connectivity index (χ1) is 8.25. The van der Waals surface area contributed by atoms with Gasteiger partial charge in [-0.2, -0.15) is 0 Å². The standard InChI is InChI=1S/C14H23NOS/c1-11(15-10-12-5-2-3-6-12)9-13(16)14-7-4-8-17-14/h4,7-8,11-13,15-16H,2-3,5-6,9-10H2,1H3. The molecule has 1 aromatic heterocycles. The molecular weight excluding hydrogens is 230 g/mol. The Kier molecular flexibility index (Phi) is 5.01. The number of aliphatic hydroxyl groups is 1. The van der Waals surface area contributed by atoms with Gasteiger partial charge in [-0.15, -0.1) is 11.3 Å². The van der Waals surface area contributed by atoms with E-state index in [4.69, 9.17) is 0 Å².